The minimum Gasteiger partial charge on any atom is -0.306 e. The average Bonchev–Trinajstić information content (AvgIpc) is 3.01. The number of carbonyl (C=O) groups excluding carboxylic acids is 1. The van der Waals surface area contributed by atoms with Crippen LogP contribution < -0.4 is 4.31 Å². The molecule has 4 rings (SSSR count). The summed E-state index contributed by atoms with van der Waals surface area (Å²) < 4.78 is 29.0. The van der Waals surface area contributed by atoms with Gasteiger partial charge in [-0.1, -0.05) is 43.7 Å². The van der Waals surface area contributed by atoms with Gasteiger partial charge >= 0.3 is 0 Å². The Bertz CT molecular complexity index is 1040. The van der Waals surface area contributed by atoms with Crippen molar-refractivity contribution >= 4 is 21.5 Å². The van der Waals surface area contributed by atoms with Crippen molar-refractivity contribution in [3.8, 4) is 0 Å². The van der Waals surface area contributed by atoms with Gasteiger partial charge in [-0.05, 0) is 50.7 Å². The van der Waals surface area contributed by atoms with E-state index in [1.807, 2.05) is 32.9 Å². The lowest BCUT2D eigenvalue weighted by Gasteiger charge is -2.36. The van der Waals surface area contributed by atoms with Gasteiger partial charge in [-0.25, -0.2) is 8.42 Å². The number of hydrogen-bond acceptors (Lipinski definition) is 4. The van der Waals surface area contributed by atoms with Crippen LogP contribution >= 0.6 is 0 Å². The molecule has 0 radical (unpaired) electrons. The molecule has 0 aromatic heterocycles. The summed E-state index contributed by atoms with van der Waals surface area (Å²) >= 11 is 0. The van der Waals surface area contributed by atoms with Gasteiger partial charge < -0.3 is 4.90 Å². The third-order valence-electron chi connectivity index (χ3n) is 6.12. The summed E-state index contributed by atoms with van der Waals surface area (Å²) in [6.45, 7) is 7.47. The molecule has 1 fully saturated rings. The molecule has 2 aliphatic rings. The predicted molar refractivity (Wildman–Crippen MR) is 115 cm³/mol. The van der Waals surface area contributed by atoms with E-state index < -0.39 is 10.0 Å². The number of rotatable bonds is 4. The van der Waals surface area contributed by atoms with E-state index in [9.17, 15) is 13.2 Å². The van der Waals surface area contributed by atoms with Crippen LogP contribution in [0.25, 0.3) is 0 Å². The molecule has 2 atom stereocenters. The third-order valence-corrected chi connectivity index (χ3v) is 7.97. The fourth-order valence-corrected chi connectivity index (χ4v) is 6.33. The highest BCUT2D eigenvalue weighted by Gasteiger charge is 2.46. The molecule has 2 heterocycles. The Labute approximate surface area is 173 Å². The van der Waals surface area contributed by atoms with Gasteiger partial charge in [0.2, 0.25) is 0 Å². The first-order chi connectivity index (χ1) is 13.7. The summed E-state index contributed by atoms with van der Waals surface area (Å²) in [5, 5.41) is 0. The summed E-state index contributed by atoms with van der Waals surface area (Å²) in [6.07, 6.45) is 0.804. The van der Waals surface area contributed by atoms with E-state index in [4.69, 9.17) is 0 Å². The van der Waals surface area contributed by atoms with Crippen molar-refractivity contribution < 1.29 is 13.2 Å². The standard InChI is InChI=1S/C23H28N2O3S/c1-15(2)23(26)17-6-8-18(9-7-17)29(27,28)25-21-10-5-16(3)13-19(21)20-14-24(4)12-11-22(20)25/h5-10,13,15,20,22H,11-12,14H2,1-4H3. The highest BCUT2D eigenvalue weighted by Crippen LogP contribution is 2.47. The molecule has 2 aliphatic heterocycles. The fraction of sp³-hybridized carbons (Fsp3) is 0.435. The fourth-order valence-electron chi connectivity index (χ4n) is 4.58. The lowest BCUT2D eigenvalue weighted by atomic mass is 9.89. The lowest BCUT2D eigenvalue weighted by molar-refractivity contribution is 0.0939. The average molecular weight is 413 g/mol. The molecule has 0 aliphatic carbocycles. The van der Waals surface area contributed by atoms with Crippen LogP contribution in [0, 0.1) is 12.8 Å². The maximum Gasteiger partial charge on any atom is 0.264 e. The Morgan fingerprint density at radius 3 is 2.45 bits per heavy atom. The van der Waals surface area contributed by atoms with Gasteiger partial charge in [0, 0.05) is 23.9 Å². The minimum atomic E-state index is -3.71. The number of aryl methyl sites for hydroxylation is 1. The molecular formula is C23H28N2O3S. The van der Waals surface area contributed by atoms with Crippen LogP contribution in [0.15, 0.2) is 47.4 Å². The van der Waals surface area contributed by atoms with E-state index in [2.05, 4.69) is 18.0 Å². The number of likely N-dealkylation sites (N-methyl/N-ethyl adjacent to an activating group) is 1. The first-order valence-corrected chi connectivity index (χ1v) is 11.6. The molecule has 2 unspecified atom stereocenters. The number of fused-ring (bicyclic) bond motifs is 3. The molecule has 0 spiro atoms. The Morgan fingerprint density at radius 1 is 1.10 bits per heavy atom. The van der Waals surface area contributed by atoms with Gasteiger partial charge in [0.25, 0.3) is 10.0 Å². The Morgan fingerprint density at radius 2 is 1.79 bits per heavy atom. The molecule has 1 saturated heterocycles. The molecule has 0 N–H and O–H groups in total. The SMILES string of the molecule is Cc1ccc2c(c1)C1CN(C)CCC1N2S(=O)(=O)c1ccc(C(=O)C(C)C)cc1. The second kappa shape index (κ2) is 7.26. The molecule has 0 bridgehead atoms. The summed E-state index contributed by atoms with van der Waals surface area (Å²) in [5.41, 5.74) is 3.61. The van der Waals surface area contributed by atoms with E-state index in [-0.39, 0.29) is 28.6 Å². The summed E-state index contributed by atoms with van der Waals surface area (Å²) in [7, 11) is -1.62. The third kappa shape index (κ3) is 3.38. The zero-order chi connectivity index (χ0) is 20.9. The number of ketones is 1. The summed E-state index contributed by atoms with van der Waals surface area (Å²) in [4.78, 5) is 14.7. The van der Waals surface area contributed by atoms with Crippen LogP contribution in [0.1, 0.15) is 47.7 Å². The van der Waals surface area contributed by atoms with Crippen LogP contribution in [0.5, 0.6) is 0 Å². The van der Waals surface area contributed by atoms with Crippen LogP contribution in [0.4, 0.5) is 5.69 Å². The van der Waals surface area contributed by atoms with Gasteiger partial charge in [0.15, 0.2) is 5.78 Å². The zero-order valence-electron chi connectivity index (χ0n) is 17.4. The second-order valence-electron chi connectivity index (χ2n) is 8.63. The normalized spacial score (nSPS) is 21.9. The molecule has 6 heteroatoms. The number of sulfonamides is 1. The van der Waals surface area contributed by atoms with Crippen molar-refractivity contribution in [2.24, 2.45) is 5.92 Å². The second-order valence-corrected chi connectivity index (χ2v) is 10.4. The maximum absolute atomic E-state index is 13.7. The number of nitrogens with zero attached hydrogens (tertiary/aromatic N) is 2. The van der Waals surface area contributed by atoms with Crippen molar-refractivity contribution in [3.63, 3.8) is 0 Å². The summed E-state index contributed by atoms with van der Waals surface area (Å²) in [6, 6.07) is 12.4. The maximum atomic E-state index is 13.7. The molecule has 2 aromatic rings. The predicted octanol–water partition coefficient (Wildman–Crippen LogP) is 3.83. The van der Waals surface area contributed by atoms with Crippen molar-refractivity contribution in [1.82, 2.24) is 4.90 Å². The number of hydrogen-bond donors (Lipinski definition) is 0. The zero-order valence-corrected chi connectivity index (χ0v) is 18.2. The van der Waals surface area contributed by atoms with Crippen LogP contribution in [-0.2, 0) is 10.0 Å². The van der Waals surface area contributed by atoms with Crippen LogP contribution in [0.2, 0.25) is 0 Å². The molecule has 0 amide bonds. The van der Waals surface area contributed by atoms with Gasteiger partial charge in [0.1, 0.15) is 0 Å². The number of anilines is 1. The van der Waals surface area contributed by atoms with Gasteiger partial charge in [-0.15, -0.1) is 0 Å². The van der Waals surface area contributed by atoms with Gasteiger partial charge in [0.05, 0.1) is 16.6 Å². The van der Waals surface area contributed by atoms with E-state index >= 15 is 0 Å². The number of carbonyl (C=O) groups is 1. The van der Waals surface area contributed by atoms with Crippen molar-refractivity contribution in [1.29, 1.82) is 0 Å². The van der Waals surface area contributed by atoms with E-state index in [0.29, 0.717) is 5.56 Å². The topological polar surface area (TPSA) is 57.7 Å². The lowest BCUT2D eigenvalue weighted by Crippen LogP contribution is -2.47. The highest BCUT2D eigenvalue weighted by atomic mass is 32.2. The molecule has 29 heavy (non-hydrogen) atoms. The number of likely N-dealkylation sites (tertiary alicyclic amines) is 1. The van der Waals surface area contributed by atoms with Crippen molar-refractivity contribution in [2.75, 3.05) is 24.4 Å². The largest absolute Gasteiger partial charge is 0.306 e. The smallest absolute Gasteiger partial charge is 0.264 e. The molecule has 2 aromatic carbocycles. The Kier molecular flexibility index (Phi) is 5.03. The van der Waals surface area contributed by atoms with E-state index in [0.717, 1.165) is 36.3 Å². The van der Waals surface area contributed by atoms with Gasteiger partial charge in [-0.3, -0.25) is 9.10 Å². The minimum absolute atomic E-state index is 0.0197. The molecular weight excluding hydrogens is 384 g/mol. The van der Waals surface area contributed by atoms with E-state index in [1.165, 1.54) is 0 Å². The first kappa shape index (κ1) is 20.1. The van der Waals surface area contributed by atoms with Gasteiger partial charge in [-0.2, -0.15) is 0 Å². The number of benzene rings is 2. The number of piperidine rings is 1. The molecule has 5 nitrogen and oxygen atoms in total. The van der Waals surface area contributed by atoms with Crippen molar-refractivity contribution in [2.45, 2.75) is 44.0 Å². The van der Waals surface area contributed by atoms with E-state index in [1.54, 1.807) is 28.6 Å². The van der Waals surface area contributed by atoms with Crippen molar-refractivity contribution in [3.05, 3.63) is 59.2 Å². The van der Waals surface area contributed by atoms with Crippen LogP contribution in [0.3, 0.4) is 0 Å². The molecule has 0 saturated carbocycles. The Balaban J connectivity index is 1.76. The quantitative estimate of drug-likeness (QED) is 0.716. The monoisotopic (exact) mass is 412 g/mol. The Hall–Kier alpha value is -2.18. The van der Waals surface area contributed by atoms with Crippen LogP contribution in [-0.4, -0.2) is 45.3 Å². The number of Topliss-reactive ketones (excluding diaryl/α,β-unsaturated/α-hetero) is 1. The molecule has 154 valence electrons. The summed E-state index contributed by atoms with van der Waals surface area (Å²) in [5.74, 6) is 0.0812. The highest BCUT2D eigenvalue weighted by molar-refractivity contribution is 7.92. The first-order valence-electron chi connectivity index (χ1n) is 10.2.